The van der Waals surface area contributed by atoms with Gasteiger partial charge in [-0.2, -0.15) is 5.26 Å². The number of hydrogen-bond donors (Lipinski definition) is 3. The van der Waals surface area contributed by atoms with Crippen molar-refractivity contribution in [1.82, 2.24) is 25.3 Å². The number of H-pyrrole nitrogens is 1. The second kappa shape index (κ2) is 10.1. The van der Waals surface area contributed by atoms with Crippen molar-refractivity contribution in [2.45, 2.75) is 26.2 Å². The summed E-state index contributed by atoms with van der Waals surface area (Å²) in [6.07, 6.45) is 7.14. The average molecular weight is 449 g/mol. The molecule has 0 atom stereocenters. The number of halogens is 1. The van der Waals surface area contributed by atoms with Crippen LogP contribution in [0.2, 0.25) is 0 Å². The summed E-state index contributed by atoms with van der Waals surface area (Å²) in [6, 6.07) is 7.14. The van der Waals surface area contributed by atoms with Gasteiger partial charge in [-0.25, -0.2) is 24.1 Å². The fourth-order valence-corrected chi connectivity index (χ4v) is 4.06. The van der Waals surface area contributed by atoms with Crippen molar-refractivity contribution in [3.63, 3.8) is 0 Å². The van der Waals surface area contributed by atoms with E-state index in [9.17, 15) is 14.4 Å². The third kappa shape index (κ3) is 5.09. The number of urea groups is 1. The summed E-state index contributed by atoms with van der Waals surface area (Å²) in [6.45, 7) is 3.73. The minimum absolute atomic E-state index is 0.0581. The maximum atomic E-state index is 14.9. The van der Waals surface area contributed by atoms with Crippen molar-refractivity contribution in [2.75, 3.05) is 29.9 Å². The van der Waals surface area contributed by atoms with Gasteiger partial charge in [0.2, 0.25) is 0 Å². The van der Waals surface area contributed by atoms with Gasteiger partial charge in [-0.05, 0) is 55.9 Å². The quantitative estimate of drug-likeness (QED) is 0.531. The predicted molar refractivity (Wildman–Crippen MR) is 122 cm³/mol. The van der Waals surface area contributed by atoms with Crippen molar-refractivity contribution in [3.8, 4) is 17.6 Å². The van der Waals surface area contributed by atoms with Gasteiger partial charge in [0.1, 0.15) is 11.8 Å². The Labute approximate surface area is 191 Å². The fourth-order valence-electron chi connectivity index (χ4n) is 4.06. The van der Waals surface area contributed by atoms with Gasteiger partial charge in [-0.15, -0.1) is 0 Å². The van der Waals surface area contributed by atoms with Crippen LogP contribution in [-0.4, -0.2) is 45.6 Å². The summed E-state index contributed by atoms with van der Waals surface area (Å²) >= 11 is 0. The second-order valence-electron chi connectivity index (χ2n) is 7.87. The van der Waals surface area contributed by atoms with Crippen LogP contribution in [0.15, 0.2) is 36.8 Å². The summed E-state index contributed by atoms with van der Waals surface area (Å²) in [4.78, 5) is 29.5. The topological polar surface area (TPSA) is 123 Å². The molecule has 0 bridgehead atoms. The monoisotopic (exact) mass is 448 g/mol. The number of rotatable bonds is 6. The van der Waals surface area contributed by atoms with Crippen LogP contribution in [0.5, 0.6) is 0 Å². The Kier molecular flexibility index (Phi) is 6.78. The number of carbonyl (C=O) groups excluding carboxylic acids is 1. The number of anilines is 2. The first kappa shape index (κ1) is 22.2. The van der Waals surface area contributed by atoms with E-state index in [-0.39, 0.29) is 11.7 Å². The van der Waals surface area contributed by atoms with Gasteiger partial charge in [0.05, 0.1) is 5.69 Å². The highest BCUT2D eigenvalue weighted by Crippen LogP contribution is 2.29. The van der Waals surface area contributed by atoms with Crippen molar-refractivity contribution < 1.29 is 9.18 Å². The lowest BCUT2D eigenvalue weighted by atomic mass is 9.90. The van der Waals surface area contributed by atoms with Crippen molar-refractivity contribution >= 4 is 17.5 Å². The van der Waals surface area contributed by atoms with E-state index in [1.807, 2.05) is 12.1 Å². The molecule has 9 nitrogen and oxygen atoms in total. The van der Waals surface area contributed by atoms with E-state index in [1.54, 1.807) is 25.4 Å². The first-order valence-corrected chi connectivity index (χ1v) is 10.9. The van der Waals surface area contributed by atoms with E-state index in [2.05, 4.69) is 41.5 Å². The Morgan fingerprint density at radius 2 is 2.09 bits per heavy atom. The molecule has 0 aromatic carbocycles. The molecule has 0 saturated carbocycles. The van der Waals surface area contributed by atoms with Gasteiger partial charge in [0.25, 0.3) is 0 Å². The average Bonchev–Trinajstić information content (AvgIpc) is 3.37. The van der Waals surface area contributed by atoms with E-state index in [1.165, 1.54) is 6.20 Å². The third-order valence-corrected chi connectivity index (χ3v) is 5.72. The molecule has 0 spiro atoms. The van der Waals surface area contributed by atoms with E-state index in [0.29, 0.717) is 35.7 Å². The van der Waals surface area contributed by atoms with E-state index in [0.717, 1.165) is 31.6 Å². The van der Waals surface area contributed by atoms with E-state index >= 15 is 0 Å². The number of carbonyl (C=O) groups is 1. The highest BCUT2D eigenvalue weighted by molar-refractivity contribution is 5.88. The second-order valence-corrected chi connectivity index (χ2v) is 7.87. The minimum Gasteiger partial charge on any atom is -0.369 e. The molecule has 0 aliphatic carbocycles. The lowest BCUT2D eigenvalue weighted by molar-refractivity contribution is 0.252. The van der Waals surface area contributed by atoms with Gasteiger partial charge in [-0.3, -0.25) is 5.32 Å². The maximum Gasteiger partial charge on any atom is 0.320 e. The standard InChI is InChI=1S/C23H25FN8O/c1-2-26-23(33)31-22-20(24)16(5-8-27-22)13-15-6-11-32(12-7-15)19-4-3-17(30-18(19)14-25)21-28-9-10-29-21/h3-5,8-10,15H,2,6-7,11-13H2,1H3,(H,28,29)(H2,26,27,31,33). The lowest BCUT2D eigenvalue weighted by Crippen LogP contribution is -2.35. The zero-order valence-corrected chi connectivity index (χ0v) is 18.3. The smallest absolute Gasteiger partial charge is 0.320 e. The molecule has 4 heterocycles. The molecule has 0 radical (unpaired) electrons. The molecule has 1 aliphatic rings. The summed E-state index contributed by atoms with van der Waals surface area (Å²) in [7, 11) is 0. The van der Waals surface area contributed by atoms with Crippen LogP contribution >= 0.6 is 0 Å². The van der Waals surface area contributed by atoms with Gasteiger partial charge in [-0.1, -0.05) is 0 Å². The Hall–Kier alpha value is -4.00. The highest BCUT2D eigenvalue weighted by atomic mass is 19.1. The zero-order valence-electron chi connectivity index (χ0n) is 18.3. The van der Waals surface area contributed by atoms with Crippen LogP contribution in [0.3, 0.4) is 0 Å². The number of aromatic nitrogens is 4. The molecule has 3 aromatic rings. The molecule has 0 unspecified atom stereocenters. The molecule has 1 fully saturated rings. The van der Waals surface area contributed by atoms with E-state index in [4.69, 9.17) is 0 Å². The maximum absolute atomic E-state index is 14.9. The number of pyridine rings is 2. The molecule has 3 N–H and O–H groups in total. The van der Waals surface area contributed by atoms with Crippen LogP contribution in [0, 0.1) is 23.1 Å². The number of nitrogens with one attached hydrogen (secondary N) is 3. The number of imidazole rings is 1. The molecule has 1 saturated heterocycles. The van der Waals surface area contributed by atoms with Gasteiger partial charge >= 0.3 is 6.03 Å². The van der Waals surface area contributed by atoms with Crippen LogP contribution < -0.4 is 15.5 Å². The SMILES string of the molecule is CCNC(=O)Nc1nccc(CC2CCN(c3ccc(-c4ncc[nH]4)nc3C#N)CC2)c1F. The molecule has 33 heavy (non-hydrogen) atoms. The highest BCUT2D eigenvalue weighted by Gasteiger charge is 2.24. The Morgan fingerprint density at radius 3 is 2.79 bits per heavy atom. The molecular formula is C23H25FN8O. The predicted octanol–water partition coefficient (Wildman–Crippen LogP) is 3.48. The molecule has 3 aromatic heterocycles. The Balaban J connectivity index is 1.40. The minimum atomic E-state index is -0.490. The molecule has 10 heteroatoms. The molecular weight excluding hydrogens is 423 g/mol. The van der Waals surface area contributed by atoms with Crippen molar-refractivity contribution in [2.24, 2.45) is 5.92 Å². The van der Waals surface area contributed by atoms with Crippen LogP contribution in [0.25, 0.3) is 11.5 Å². The molecule has 4 rings (SSSR count). The van der Waals surface area contributed by atoms with Gasteiger partial charge in [0.15, 0.2) is 23.2 Å². The molecule has 2 amide bonds. The summed E-state index contributed by atoms with van der Waals surface area (Å²) in [5.41, 5.74) is 2.33. The lowest BCUT2D eigenvalue weighted by Gasteiger charge is -2.34. The third-order valence-electron chi connectivity index (χ3n) is 5.72. The Morgan fingerprint density at radius 1 is 1.27 bits per heavy atom. The van der Waals surface area contributed by atoms with Crippen molar-refractivity contribution in [3.05, 3.63) is 53.9 Å². The number of amides is 2. The first-order valence-electron chi connectivity index (χ1n) is 10.9. The van der Waals surface area contributed by atoms with Crippen molar-refractivity contribution in [1.29, 1.82) is 5.26 Å². The number of hydrogen-bond acceptors (Lipinski definition) is 6. The fraction of sp³-hybridized carbons (Fsp3) is 0.348. The van der Waals surface area contributed by atoms with Crippen LogP contribution in [-0.2, 0) is 6.42 Å². The van der Waals surface area contributed by atoms with Crippen LogP contribution in [0.4, 0.5) is 20.7 Å². The zero-order chi connectivity index (χ0) is 23.2. The molecule has 170 valence electrons. The summed E-state index contributed by atoms with van der Waals surface area (Å²) < 4.78 is 14.9. The number of piperidine rings is 1. The number of nitriles is 1. The van der Waals surface area contributed by atoms with E-state index < -0.39 is 11.8 Å². The van der Waals surface area contributed by atoms with Gasteiger partial charge in [0, 0.05) is 38.2 Å². The molecule has 1 aliphatic heterocycles. The first-order chi connectivity index (χ1) is 16.1. The Bertz CT molecular complexity index is 1150. The largest absolute Gasteiger partial charge is 0.369 e. The van der Waals surface area contributed by atoms with Crippen LogP contribution in [0.1, 0.15) is 31.0 Å². The summed E-state index contributed by atoms with van der Waals surface area (Å²) in [5, 5.41) is 14.6. The number of nitrogens with zero attached hydrogens (tertiary/aromatic N) is 5. The number of aromatic amines is 1. The van der Waals surface area contributed by atoms with Gasteiger partial charge < -0.3 is 15.2 Å². The normalized spacial score (nSPS) is 14.0. The summed E-state index contributed by atoms with van der Waals surface area (Å²) in [5.74, 6) is 0.362.